The minimum atomic E-state index is 0.121. The van der Waals surface area contributed by atoms with Gasteiger partial charge in [0.1, 0.15) is 0 Å². The van der Waals surface area contributed by atoms with Crippen LogP contribution in [0.3, 0.4) is 0 Å². The van der Waals surface area contributed by atoms with Gasteiger partial charge in [0.05, 0.1) is 0 Å². The van der Waals surface area contributed by atoms with Crippen LogP contribution >= 0.6 is 11.6 Å². The number of carbonyl (C=O) groups is 1. The number of halogens is 1. The molecular formula is C10H16ClNO. The molecule has 0 aromatic rings. The molecule has 2 fully saturated rings. The Morgan fingerprint density at radius 2 is 2.15 bits per heavy atom. The van der Waals surface area contributed by atoms with Crippen LogP contribution in [-0.2, 0) is 4.79 Å². The number of carbonyl (C=O) groups excluding carboxylic acids is 1. The van der Waals surface area contributed by atoms with Crippen molar-refractivity contribution in [3.05, 3.63) is 0 Å². The van der Waals surface area contributed by atoms with E-state index in [0.717, 1.165) is 0 Å². The van der Waals surface area contributed by atoms with Gasteiger partial charge in [0.25, 0.3) is 0 Å². The Morgan fingerprint density at radius 1 is 1.54 bits per heavy atom. The molecule has 13 heavy (non-hydrogen) atoms. The van der Waals surface area contributed by atoms with Gasteiger partial charge in [-0.15, -0.1) is 11.6 Å². The molecule has 0 bridgehead atoms. The lowest BCUT2D eigenvalue weighted by Crippen LogP contribution is -2.35. The molecule has 0 aliphatic heterocycles. The Bertz CT molecular complexity index is 209. The summed E-state index contributed by atoms with van der Waals surface area (Å²) in [5.41, 5.74) is 0. The molecule has 0 aromatic carbocycles. The summed E-state index contributed by atoms with van der Waals surface area (Å²) in [6, 6.07) is 0.121. The van der Waals surface area contributed by atoms with Gasteiger partial charge in [0, 0.05) is 17.8 Å². The van der Waals surface area contributed by atoms with Crippen LogP contribution in [-0.4, -0.2) is 17.8 Å². The van der Waals surface area contributed by atoms with Gasteiger partial charge >= 0.3 is 0 Å². The molecule has 0 saturated heterocycles. The number of alkyl halides is 1. The highest BCUT2D eigenvalue weighted by atomic mass is 35.5. The molecule has 1 N–H and O–H groups in total. The average Bonchev–Trinajstić information content (AvgIpc) is 2.61. The van der Waals surface area contributed by atoms with Crippen LogP contribution in [0.1, 0.15) is 26.2 Å². The fourth-order valence-electron chi connectivity index (χ4n) is 2.59. The van der Waals surface area contributed by atoms with Crippen molar-refractivity contribution in [1.82, 2.24) is 5.32 Å². The lowest BCUT2D eigenvalue weighted by atomic mass is 10.1. The van der Waals surface area contributed by atoms with E-state index in [2.05, 4.69) is 5.32 Å². The molecule has 2 nitrogen and oxygen atoms in total. The van der Waals surface area contributed by atoms with Gasteiger partial charge < -0.3 is 5.32 Å². The summed E-state index contributed by atoms with van der Waals surface area (Å²) >= 11 is 5.63. The molecule has 0 aromatic heterocycles. The summed E-state index contributed by atoms with van der Waals surface area (Å²) in [5.74, 6) is 2.50. The zero-order valence-corrected chi connectivity index (χ0v) is 8.68. The second-order valence-electron chi connectivity index (χ2n) is 4.35. The van der Waals surface area contributed by atoms with Crippen molar-refractivity contribution in [2.24, 2.45) is 17.8 Å². The van der Waals surface area contributed by atoms with E-state index in [4.69, 9.17) is 11.6 Å². The molecule has 0 radical (unpaired) electrons. The minimum absolute atomic E-state index is 0.121. The van der Waals surface area contributed by atoms with E-state index >= 15 is 0 Å². The van der Waals surface area contributed by atoms with Crippen molar-refractivity contribution in [1.29, 1.82) is 0 Å². The van der Waals surface area contributed by atoms with Crippen molar-refractivity contribution in [2.75, 3.05) is 5.88 Å². The Kier molecular flexibility index (Phi) is 2.50. The highest BCUT2D eigenvalue weighted by Crippen LogP contribution is 2.57. The molecule has 2 rings (SSSR count). The third-order valence-corrected chi connectivity index (χ3v) is 3.79. The van der Waals surface area contributed by atoms with Crippen LogP contribution in [0.2, 0.25) is 0 Å². The molecule has 2 aliphatic rings. The van der Waals surface area contributed by atoms with Crippen molar-refractivity contribution in [3.8, 4) is 0 Å². The standard InChI is InChI=1S/C10H16ClNO/c1-6(5-11)12-10(13)9-7-3-2-4-8(7)9/h6-9H,2-5H2,1H3,(H,12,13). The summed E-state index contributed by atoms with van der Waals surface area (Å²) < 4.78 is 0. The lowest BCUT2D eigenvalue weighted by Gasteiger charge is -2.11. The fraction of sp³-hybridized carbons (Fsp3) is 0.900. The molecule has 3 heteroatoms. The smallest absolute Gasteiger partial charge is 0.223 e. The summed E-state index contributed by atoms with van der Waals surface area (Å²) in [7, 11) is 0. The van der Waals surface area contributed by atoms with Crippen LogP contribution in [0, 0.1) is 17.8 Å². The second kappa shape index (κ2) is 3.49. The topological polar surface area (TPSA) is 29.1 Å². The van der Waals surface area contributed by atoms with Gasteiger partial charge in [-0.05, 0) is 31.6 Å². The first-order valence-electron chi connectivity index (χ1n) is 5.10. The van der Waals surface area contributed by atoms with Gasteiger partial charge in [-0.1, -0.05) is 6.42 Å². The van der Waals surface area contributed by atoms with Crippen LogP contribution in [0.4, 0.5) is 0 Å². The van der Waals surface area contributed by atoms with Gasteiger partial charge in [0.2, 0.25) is 5.91 Å². The maximum Gasteiger partial charge on any atom is 0.223 e. The maximum absolute atomic E-state index is 11.6. The van der Waals surface area contributed by atoms with E-state index in [1.165, 1.54) is 19.3 Å². The van der Waals surface area contributed by atoms with Crippen LogP contribution < -0.4 is 5.32 Å². The Balaban J connectivity index is 1.80. The molecule has 2 saturated carbocycles. The molecule has 0 spiro atoms. The Labute approximate surface area is 84.0 Å². The molecule has 0 heterocycles. The number of hydrogen-bond acceptors (Lipinski definition) is 1. The number of amides is 1. The number of hydrogen-bond donors (Lipinski definition) is 1. The first kappa shape index (κ1) is 9.32. The van der Waals surface area contributed by atoms with Crippen molar-refractivity contribution >= 4 is 17.5 Å². The minimum Gasteiger partial charge on any atom is -0.352 e. The first-order valence-corrected chi connectivity index (χ1v) is 5.64. The molecule has 74 valence electrons. The summed E-state index contributed by atoms with van der Waals surface area (Å²) in [6.45, 7) is 1.95. The molecule has 3 unspecified atom stereocenters. The van der Waals surface area contributed by atoms with Gasteiger partial charge in [0.15, 0.2) is 0 Å². The number of fused-ring (bicyclic) bond motifs is 1. The third kappa shape index (κ3) is 1.69. The lowest BCUT2D eigenvalue weighted by molar-refractivity contribution is -0.123. The fourth-order valence-corrected chi connectivity index (χ4v) is 2.67. The third-order valence-electron chi connectivity index (χ3n) is 3.33. The molecular weight excluding hydrogens is 186 g/mol. The second-order valence-corrected chi connectivity index (χ2v) is 4.66. The number of rotatable bonds is 3. The summed E-state index contributed by atoms with van der Waals surface area (Å²) in [5, 5.41) is 2.95. The Morgan fingerprint density at radius 3 is 2.69 bits per heavy atom. The number of nitrogens with one attached hydrogen (secondary N) is 1. The monoisotopic (exact) mass is 201 g/mol. The summed E-state index contributed by atoms with van der Waals surface area (Å²) in [4.78, 5) is 11.6. The van der Waals surface area contributed by atoms with Crippen molar-refractivity contribution in [3.63, 3.8) is 0 Å². The maximum atomic E-state index is 11.6. The predicted octanol–water partition coefficient (Wildman–Crippen LogP) is 1.78. The van der Waals surface area contributed by atoms with Crippen LogP contribution in [0.15, 0.2) is 0 Å². The molecule has 2 aliphatic carbocycles. The van der Waals surface area contributed by atoms with E-state index in [-0.39, 0.29) is 11.9 Å². The van der Waals surface area contributed by atoms with Crippen LogP contribution in [0.5, 0.6) is 0 Å². The van der Waals surface area contributed by atoms with Crippen molar-refractivity contribution in [2.45, 2.75) is 32.2 Å². The zero-order chi connectivity index (χ0) is 9.42. The highest BCUT2D eigenvalue weighted by Gasteiger charge is 2.56. The largest absolute Gasteiger partial charge is 0.352 e. The van der Waals surface area contributed by atoms with Gasteiger partial charge in [-0.3, -0.25) is 4.79 Å². The van der Waals surface area contributed by atoms with Crippen LogP contribution in [0.25, 0.3) is 0 Å². The van der Waals surface area contributed by atoms with Gasteiger partial charge in [-0.2, -0.15) is 0 Å². The normalized spacial score (nSPS) is 38.2. The average molecular weight is 202 g/mol. The quantitative estimate of drug-likeness (QED) is 0.693. The van der Waals surface area contributed by atoms with E-state index in [1.54, 1.807) is 0 Å². The van der Waals surface area contributed by atoms with E-state index in [0.29, 0.717) is 23.6 Å². The summed E-state index contributed by atoms with van der Waals surface area (Å²) in [6.07, 6.45) is 3.85. The highest BCUT2D eigenvalue weighted by molar-refractivity contribution is 6.18. The zero-order valence-electron chi connectivity index (χ0n) is 7.92. The van der Waals surface area contributed by atoms with Gasteiger partial charge in [-0.25, -0.2) is 0 Å². The SMILES string of the molecule is CC(CCl)NC(=O)C1C2CCCC21. The first-order chi connectivity index (χ1) is 6.24. The molecule has 3 atom stereocenters. The molecule has 1 amide bonds. The van der Waals surface area contributed by atoms with E-state index in [9.17, 15) is 4.79 Å². The Hall–Kier alpha value is -0.240. The predicted molar refractivity (Wildman–Crippen MR) is 52.6 cm³/mol. The van der Waals surface area contributed by atoms with E-state index < -0.39 is 0 Å². The van der Waals surface area contributed by atoms with E-state index in [1.807, 2.05) is 6.92 Å². The van der Waals surface area contributed by atoms with Crippen molar-refractivity contribution < 1.29 is 4.79 Å².